The van der Waals surface area contributed by atoms with E-state index in [-0.39, 0.29) is 11.8 Å². The Balaban J connectivity index is 1.92. The zero-order chi connectivity index (χ0) is 17.0. The molecule has 0 fully saturated rings. The molecule has 1 N–H and O–H groups in total. The van der Waals surface area contributed by atoms with Crippen LogP contribution in [0, 0.1) is 0 Å². The van der Waals surface area contributed by atoms with Crippen LogP contribution in [0.5, 0.6) is 0 Å². The quantitative estimate of drug-likeness (QED) is 0.785. The third-order valence-electron chi connectivity index (χ3n) is 4.29. The van der Waals surface area contributed by atoms with E-state index in [4.69, 9.17) is 0 Å². The summed E-state index contributed by atoms with van der Waals surface area (Å²) in [4.78, 5) is 28.9. The minimum Gasteiger partial charge on any atom is -0.320 e. The summed E-state index contributed by atoms with van der Waals surface area (Å²) >= 11 is 3.22. The lowest BCUT2D eigenvalue weighted by Gasteiger charge is -2.14. The van der Waals surface area contributed by atoms with Crippen molar-refractivity contribution in [2.45, 2.75) is 6.82 Å². The van der Waals surface area contributed by atoms with Crippen molar-refractivity contribution in [1.29, 1.82) is 0 Å². The normalized spacial score (nSPS) is 17.0. The van der Waals surface area contributed by atoms with E-state index in [9.17, 15) is 9.59 Å². The standard InChI is InChI=1S/C16H14B2N2O2S2/c1-18-10-6-4-7(24-10)13-11-12(15(21)19-13)14(20(2)16(11)22)8-3-5-9(17)23-8/h3-6,18H,17H2,1-2H3,(H,19,21). The van der Waals surface area contributed by atoms with Crippen LogP contribution in [-0.2, 0) is 9.59 Å². The second kappa shape index (κ2) is 5.50. The molecule has 4 nitrogen and oxygen atoms in total. The molecule has 4 rings (SSSR count). The second-order valence-corrected chi connectivity index (χ2v) is 8.28. The molecule has 8 heteroatoms. The summed E-state index contributed by atoms with van der Waals surface area (Å²) in [6.07, 6.45) is 0. The Morgan fingerprint density at radius 3 is 2.46 bits per heavy atom. The Morgan fingerprint density at radius 1 is 1.08 bits per heavy atom. The van der Waals surface area contributed by atoms with Crippen LogP contribution in [0.25, 0.3) is 11.4 Å². The number of fused-ring (bicyclic) bond motifs is 1. The van der Waals surface area contributed by atoms with Gasteiger partial charge in [-0.1, -0.05) is 19.0 Å². The number of likely N-dealkylation sites (N-methyl/N-ethyl adjacent to an activating group) is 1. The molecule has 0 saturated heterocycles. The molecule has 0 spiro atoms. The van der Waals surface area contributed by atoms with Crippen LogP contribution in [-0.4, -0.2) is 38.9 Å². The maximum absolute atomic E-state index is 12.8. The third kappa shape index (κ3) is 2.13. The summed E-state index contributed by atoms with van der Waals surface area (Å²) in [7, 11) is 4.70. The van der Waals surface area contributed by atoms with Crippen molar-refractivity contribution in [2.75, 3.05) is 7.05 Å². The van der Waals surface area contributed by atoms with Gasteiger partial charge in [-0.05, 0) is 21.7 Å². The number of amides is 2. The molecule has 0 atom stereocenters. The second-order valence-electron chi connectivity index (χ2n) is 5.82. The van der Waals surface area contributed by atoms with Crippen LogP contribution < -0.4 is 14.9 Å². The van der Waals surface area contributed by atoms with Crippen molar-refractivity contribution in [3.05, 3.63) is 45.2 Å². The van der Waals surface area contributed by atoms with Crippen molar-refractivity contribution >= 4 is 70.6 Å². The number of nitrogens with zero attached hydrogens (tertiary/aromatic N) is 1. The van der Waals surface area contributed by atoms with Crippen molar-refractivity contribution in [3.63, 3.8) is 0 Å². The molecule has 2 aliphatic rings. The number of carbonyl (C=O) groups excluding carboxylic acids is 2. The summed E-state index contributed by atoms with van der Waals surface area (Å²) in [6.45, 7) is 2.09. The molecule has 118 valence electrons. The SMILES string of the molecule is Bc1ccc(C2=C3C(=O)NC(c4ccc(BC)s4)=C3C(=O)N2C)s1. The lowest BCUT2D eigenvalue weighted by atomic mass is 9.81. The van der Waals surface area contributed by atoms with Gasteiger partial charge in [0, 0.05) is 7.05 Å². The van der Waals surface area contributed by atoms with E-state index in [1.165, 1.54) is 4.78 Å². The van der Waals surface area contributed by atoms with Crippen LogP contribution in [0.4, 0.5) is 0 Å². The molecule has 2 amide bonds. The first-order valence-electron chi connectivity index (χ1n) is 7.75. The van der Waals surface area contributed by atoms with Crippen molar-refractivity contribution in [2.24, 2.45) is 0 Å². The summed E-state index contributed by atoms with van der Waals surface area (Å²) in [6, 6.07) is 8.01. The topological polar surface area (TPSA) is 49.4 Å². The van der Waals surface area contributed by atoms with Crippen LogP contribution in [0.1, 0.15) is 9.75 Å². The number of hydrogen-bond acceptors (Lipinski definition) is 4. The molecule has 0 unspecified atom stereocenters. The highest BCUT2D eigenvalue weighted by molar-refractivity contribution is 7.22. The number of carbonyl (C=O) groups is 2. The molecular formula is C16H14B2N2O2S2. The molecule has 2 aromatic rings. The first kappa shape index (κ1) is 15.5. The Bertz CT molecular complexity index is 955. The first-order valence-corrected chi connectivity index (χ1v) is 9.38. The molecular weight excluding hydrogens is 338 g/mol. The monoisotopic (exact) mass is 352 g/mol. The molecule has 24 heavy (non-hydrogen) atoms. The van der Waals surface area contributed by atoms with Gasteiger partial charge < -0.3 is 10.2 Å². The Morgan fingerprint density at radius 2 is 1.83 bits per heavy atom. The van der Waals surface area contributed by atoms with Gasteiger partial charge in [-0.15, -0.1) is 22.7 Å². The van der Waals surface area contributed by atoms with E-state index in [1.54, 1.807) is 34.6 Å². The van der Waals surface area contributed by atoms with Gasteiger partial charge >= 0.3 is 0 Å². The number of thiophene rings is 2. The minimum absolute atomic E-state index is 0.120. The number of hydrogen-bond donors (Lipinski definition) is 1. The fraction of sp³-hybridized carbons (Fsp3) is 0.125. The van der Waals surface area contributed by atoms with Crippen LogP contribution >= 0.6 is 22.7 Å². The molecule has 0 saturated carbocycles. The predicted octanol–water partition coefficient (Wildman–Crippen LogP) is -0.0979. The van der Waals surface area contributed by atoms with Crippen molar-refractivity contribution in [3.8, 4) is 0 Å². The highest BCUT2D eigenvalue weighted by atomic mass is 32.1. The van der Waals surface area contributed by atoms with Gasteiger partial charge in [-0.25, -0.2) is 0 Å². The van der Waals surface area contributed by atoms with E-state index in [0.717, 1.165) is 21.8 Å². The van der Waals surface area contributed by atoms with E-state index in [2.05, 4.69) is 12.1 Å². The molecule has 2 aliphatic heterocycles. The summed E-state index contributed by atoms with van der Waals surface area (Å²) in [5.41, 5.74) is 2.38. The Kier molecular flexibility index (Phi) is 3.54. The smallest absolute Gasteiger partial charge is 0.261 e. The Hall–Kier alpha value is -2.05. The number of nitrogens with one attached hydrogen (secondary N) is 1. The first-order chi connectivity index (χ1) is 11.5. The fourth-order valence-corrected chi connectivity index (χ4v) is 5.00. The van der Waals surface area contributed by atoms with Gasteiger partial charge in [0.25, 0.3) is 11.8 Å². The van der Waals surface area contributed by atoms with E-state index < -0.39 is 0 Å². The zero-order valence-corrected chi connectivity index (χ0v) is 15.2. The maximum Gasteiger partial charge on any atom is 0.261 e. The predicted molar refractivity (Wildman–Crippen MR) is 104 cm³/mol. The van der Waals surface area contributed by atoms with Gasteiger partial charge in [-0.3, -0.25) is 9.59 Å². The lowest BCUT2D eigenvalue weighted by Crippen LogP contribution is -2.23. The summed E-state index contributed by atoms with van der Waals surface area (Å²) in [5.74, 6) is -0.309. The highest BCUT2D eigenvalue weighted by Gasteiger charge is 2.44. The molecule has 4 heterocycles. The van der Waals surface area contributed by atoms with Crippen molar-refractivity contribution < 1.29 is 9.59 Å². The molecule has 2 aromatic heterocycles. The average Bonchev–Trinajstić information content (AvgIpc) is 3.29. The molecule has 0 aliphatic carbocycles. The summed E-state index contributed by atoms with van der Waals surface area (Å²) < 4.78 is 2.39. The van der Waals surface area contributed by atoms with Crippen molar-refractivity contribution in [1.82, 2.24) is 10.2 Å². The molecule has 0 aromatic carbocycles. The molecule has 0 radical (unpaired) electrons. The zero-order valence-electron chi connectivity index (χ0n) is 13.6. The Labute approximate surface area is 149 Å². The minimum atomic E-state index is -0.190. The van der Waals surface area contributed by atoms with E-state index in [0.29, 0.717) is 22.5 Å². The van der Waals surface area contributed by atoms with Gasteiger partial charge in [0.2, 0.25) is 0 Å². The largest absolute Gasteiger partial charge is 0.320 e. The van der Waals surface area contributed by atoms with E-state index in [1.807, 2.05) is 32.1 Å². The van der Waals surface area contributed by atoms with Crippen LogP contribution in [0.15, 0.2) is 35.4 Å². The maximum atomic E-state index is 12.8. The van der Waals surface area contributed by atoms with Gasteiger partial charge in [0.05, 0.1) is 32.3 Å². The van der Waals surface area contributed by atoms with E-state index >= 15 is 0 Å². The lowest BCUT2D eigenvalue weighted by molar-refractivity contribution is -0.122. The van der Waals surface area contributed by atoms with Crippen LogP contribution in [0.2, 0.25) is 6.82 Å². The average molecular weight is 352 g/mol. The van der Waals surface area contributed by atoms with Gasteiger partial charge in [0.1, 0.15) is 0 Å². The summed E-state index contributed by atoms with van der Waals surface area (Å²) in [5, 5.41) is 2.92. The number of rotatable bonds is 3. The van der Waals surface area contributed by atoms with Gasteiger partial charge in [0.15, 0.2) is 15.1 Å². The van der Waals surface area contributed by atoms with Crippen LogP contribution in [0.3, 0.4) is 0 Å². The van der Waals surface area contributed by atoms with Gasteiger partial charge in [-0.2, -0.15) is 0 Å². The highest BCUT2D eigenvalue weighted by Crippen LogP contribution is 2.42. The fourth-order valence-electron chi connectivity index (χ4n) is 3.09. The third-order valence-corrected chi connectivity index (χ3v) is 6.54. The molecule has 0 bridgehead atoms.